The highest BCUT2D eigenvalue weighted by Crippen LogP contribution is 2.18. The van der Waals surface area contributed by atoms with Gasteiger partial charge in [-0.15, -0.1) is 12.4 Å². The maximum absolute atomic E-state index is 13.0. The average molecular weight is 406 g/mol. The molecule has 3 rings (SSSR count). The van der Waals surface area contributed by atoms with E-state index >= 15 is 0 Å². The molecular weight excluding hydrogens is 385 g/mol. The molecule has 1 fully saturated rings. The van der Waals surface area contributed by atoms with Gasteiger partial charge < -0.3 is 10.3 Å². The van der Waals surface area contributed by atoms with E-state index in [9.17, 15) is 12.8 Å². The summed E-state index contributed by atoms with van der Waals surface area (Å²) in [5.74, 6) is 0.457. The van der Waals surface area contributed by atoms with E-state index in [1.807, 2.05) is 0 Å². The zero-order valence-electron chi connectivity index (χ0n) is 14.0. The minimum atomic E-state index is -3.62. The van der Waals surface area contributed by atoms with Crippen molar-refractivity contribution in [2.75, 3.05) is 26.2 Å². The lowest BCUT2D eigenvalue weighted by atomic mass is 10.4. The van der Waals surface area contributed by atoms with Gasteiger partial charge in [-0.2, -0.15) is 9.29 Å². The van der Waals surface area contributed by atoms with Crippen LogP contribution in [-0.4, -0.2) is 53.9 Å². The molecule has 1 aromatic heterocycles. The largest absolute Gasteiger partial charge is 0.338 e. The first-order valence-corrected chi connectivity index (χ1v) is 9.42. The topological polar surface area (TPSA) is 106 Å². The molecule has 1 saturated heterocycles. The van der Waals surface area contributed by atoms with Gasteiger partial charge in [0.25, 0.3) is 0 Å². The van der Waals surface area contributed by atoms with Crippen molar-refractivity contribution in [2.45, 2.75) is 24.4 Å². The molecule has 144 valence electrons. The second kappa shape index (κ2) is 8.87. The van der Waals surface area contributed by atoms with E-state index in [0.717, 1.165) is 18.7 Å². The zero-order valence-corrected chi connectivity index (χ0v) is 15.7. The Morgan fingerprint density at radius 3 is 2.54 bits per heavy atom. The number of rotatable bonds is 5. The van der Waals surface area contributed by atoms with Crippen LogP contribution in [0.15, 0.2) is 33.7 Å². The van der Waals surface area contributed by atoms with E-state index in [1.54, 1.807) is 0 Å². The molecular formula is C15H21ClFN5O3S. The van der Waals surface area contributed by atoms with Crippen molar-refractivity contribution in [2.24, 2.45) is 5.73 Å². The summed E-state index contributed by atoms with van der Waals surface area (Å²) in [7, 11) is -3.62. The third-order valence-electron chi connectivity index (χ3n) is 4.05. The normalized spacial score (nSPS) is 16.8. The molecule has 2 heterocycles. The molecule has 1 aliphatic rings. The average Bonchev–Trinajstić information content (AvgIpc) is 2.91. The third kappa shape index (κ3) is 4.77. The Bertz CT molecular complexity index is 815. The maximum atomic E-state index is 13.0. The van der Waals surface area contributed by atoms with Gasteiger partial charge in [0.05, 0.1) is 18.0 Å². The summed E-state index contributed by atoms with van der Waals surface area (Å²) in [6.07, 6.45) is 0.683. The first-order chi connectivity index (χ1) is 12.0. The highest BCUT2D eigenvalue weighted by molar-refractivity contribution is 7.89. The molecule has 11 heteroatoms. The van der Waals surface area contributed by atoms with Gasteiger partial charge in [-0.25, -0.2) is 12.8 Å². The lowest BCUT2D eigenvalue weighted by molar-refractivity contribution is 0.266. The Balaban J connectivity index is 0.00000243. The van der Waals surface area contributed by atoms with Gasteiger partial charge in [0.2, 0.25) is 15.9 Å². The molecule has 0 bridgehead atoms. The van der Waals surface area contributed by atoms with E-state index < -0.39 is 15.8 Å². The number of hydrogen-bond acceptors (Lipinski definition) is 7. The molecule has 0 amide bonds. The molecule has 0 spiro atoms. The Morgan fingerprint density at radius 2 is 1.88 bits per heavy atom. The fourth-order valence-electron chi connectivity index (χ4n) is 2.74. The van der Waals surface area contributed by atoms with Crippen molar-refractivity contribution < 1.29 is 17.3 Å². The molecule has 0 saturated carbocycles. The van der Waals surface area contributed by atoms with Gasteiger partial charge in [-0.05, 0) is 37.2 Å². The van der Waals surface area contributed by atoms with Crippen LogP contribution >= 0.6 is 12.4 Å². The van der Waals surface area contributed by atoms with Crippen LogP contribution in [0.3, 0.4) is 0 Å². The van der Waals surface area contributed by atoms with Crippen LogP contribution in [0.4, 0.5) is 4.39 Å². The van der Waals surface area contributed by atoms with Gasteiger partial charge in [0.15, 0.2) is 5.82 Å². The van der Waals surface area contributed by atoms with Gasteiger partial charge in [0.1, 0.15) is 5.82 Å². The predicted octanol–water partition coefficient (Wildman–Crippen LogP) is 0.986. The fourth-order valence-corrected chi connectivity index (χ4v) is 4.21. The molecule has 0 unspecified atom stereocenters. The van der Waals surface area contributed by atoms with Crippen LogP contribution in [0, 0.1) is 5.82 Å². The zero-order chi connectivity index (χ0) is 17.9. The van der Waals surface area contributed by atoms with Crippen LogP contribution in [0.5, 0.6) is 0 Å². The van der Waals surface area contributed by atoms with E-state index in [1.165, 1.54) is 16.4 Å². The lowest BCUT2D eigenvalue weighted by Gasteiger charge is -2.21. The van der Waals surface area contributed by atoms with Crippen molar-refractivity contribution in [3.05, 3.63) is 41.8 Å². The number of nitrogens with zero attached hydrogens (tertiary/aromatic N) is 4. The van der Waals surface area contributed by atoms with E-state index in [2.05, 4.69) is 15.0 Å². The number of nitrogens with two attached hydrogens (primary N) is 1. The van der Waals surface area contributed by atoms with Gasteiger partial charge in [0, 0.05) is 19.6 Å². The van der Waals surface area contributed by atoms with Crippen molar-refractivity contribution in [3.8, 4) is 0 Å². The quantitative estimate of drug-likeness (QED) is 0.790. The van der Waals surface area contributed by atoms with Gasteiger partial charge in [-0.1, -0.05) is 5.16 Å². The molecule has 0 radical (unpaired) electrons. The molecule has 2 N–H and O–H groups in total. The summed E-state index contributed by atoms with van der Waals surface area (Å²) in [5.41, 5.74) is 5.45. The monoisotopic (exact) mass is 405 g/mol. The van der Waals surface area contributed by atoms with Crippen LogP contribution in [0.25, 0.3) is 0 Å². The Hall–Kier alpha value is -1.59. The summed E-state index contributed by atoms with van der Waals surface area (Å²) in [6.45, 7) is 2.71. The van der Waals surface area contributed by atoms with Crippen molar-refractivity contribution in [3.63, 3.8) is 0 Å². The summed E-state index contributed by atoms with van der Waals surface area (Å²) in [5, 5.41) is 3.86. The standard InChI is InChI=1S/C15H20FN5O3S.ClH/c16-12-2-4-13(5-3-12)25(22,23)21-7-1-6-20(8-9-21)11-14-18-15(10-17)24-19-14;/h2-5H,1,6-11,17H2;1H. The molecule has 8 nitrogen and oxygen atoms in total. The summed E-state index contributed by atoms with van der Waals surface area (Å²) >= 11 is 0. The smallest absolute Gasteiger partial charge is 0.243 e. The Labute approximate surface area is 157 Å². The van der Waals surface area contributed by atoms with Gasteiger partial charge >= 0.3 is 0 Å². The minimum Gasteiger partial charge on any atom is -0.338 e. The number of benzene rings is 1. The van der Waals surface area contributed by atoms with Crippen LogP contribution in [0.1, 0.15) is 18.1 Å². The second-order valence-electron chi connectivity index (χ2n) is 5.80. The fraction of sp³-hybridized carbons (Fsp3) is 0.467. The van der Waals surface area contributed by atoms with Crippen LogP contribution in [0.2, 0.25) is 0 Å². The summed E-state index contributed by atoms with van der Waals surface area (Å²) < 4.78 is 44.8. The first kappa shape index (κ1) is 20.7. The molecule has 0 atom stereocenters. The van der Waals surface area contributed by atoms with Crippen LogP contribution < -0.4 is 5.73 Å². The number of sulfonamides is 1. The highest BCUT2D eigenvalue weighted by Gasteiger charge is 2.27. The Morgan fingerprint density at radius 1 is 1.15 bits per heavy atom. The lowest BCUT2D eigenvalue weighted by Crippen LogP contribution is -2.35. The maximum Gasteiger partial charge on any atom is 0.243 e. The second-order valence-corrected chi connectivity index (χ2v) is 7.73. The van der Waals surface area contributed by atoms with Crippen LogP contribution in [-0.2, 0) is 23.1 Å². The van der Waals surface area contributed by atoms with Crippen molar-refractivity contribution >= 4 is 22.4 Å². The first-order valence-electron chi connectivity index (χ1n) is 7.98. The van der Waals surface area contributed by atoms with Gasteiger partial charge in [-0.3, -0.25) is 4.90 Å². The molecule has 26 heavy (non-hydrogen) atoms. The van der Waals surface area contributed by atoms with E-state index in [0.29, 0.717) is 44.3 Å². The number of halogens is 2. The van der Waals surface area contributed by atoms with Crippen molar-refractivity contribution in [1.29, 1.82) is 0 Å². The highest BCUT2D eigenvalue weighted by atomic mass is 35.5. The SMILES string of the molecule is Cl.NCc1nc(CN2CCCN(S(=O)(=O)c3ccc(F)cc3)CC2)no1. The van der Waals surface area contributed by atoms with Crippen molar-refractivity contribution in [1.82, 2.24) is 19.3 Å². The number of hydrogen-bond donors (Lipinski definition) is 1. The minimum absolute atomic E-state index is 0. The summed E-state index contributed by atoms with van der Waals surface area (Å²) in [4.78, 5) is 6.34. The number of aromatic nitrogens is 2. The van der Waals surface area contributed by atoms with E-state index in [-0.39, 0.29) is 23.8 Å². The molecule has 2 aromatic rings. The van der Waals surface area contributed by atoms with E-state index in [4.69, 9.17) is 10.3 Å². The Kier molecular flexibility index (Phi) is 7.07. The summed E-state index contributed by atoms with van der Waals surface area (Å²) in [6, 6.07) is 4.90. The molecule has 1 aliphatic heterocycles. The predicted molar refractivity (Wildman–Crippen MR) is 94.5 cm³/mol. The molecule has 1 aromatic carbocycles. The third-order valence-corrected chi connectivity index (χ3v) is 5.96. The molecule has 0 aliphatic carbocycles.